The second kappa shape index (κ2) is 10.5. The summed E-state index contributed by atoms with van der Waals surface area (Å²) in [4.78, 5) is 17.4. The van der Waals surface area contributed by atoms with E-state index in [0.29, 0.717) is 13.1 Å². The standard InChI is InChI=1S/C28H33F3N2O3/c1-20(2)25-32(14-15-33(25)19-21-8-10-24(29)11-9-21)16-17-36-26(34)28(35,22-6-4-3-5-7-22)23-12-13-27(30,31)18-23/h3-11,14-15,20,23,25,35H,12-13,16-19H2,1-2H3/t23-,25?,28+/m1/s1. The lowest BCUT2D eigenvalue weighted by molar-refractivity contribution is -0.175. The summed E-state index contributed by atoms with van der Waals surface area (Å²) in [7, 11) is 0. The largest absolute Gasteiger partial charge is 0.461 e. The van der Waals surface area contributed by atoms with Crippen molar-refractivity contribution in [1.82, 2.24) is 9.80 Å². The predicted molar refractivity (Wildman–Crippen MR) is 130 cm³/mol. The number of benzene rings is 2. The van der Waals surface area contributed by atoms with E-state index in [1.165, 1.54) is 12.1 Å². The SMILES string of the molecule is CC(C)C1N(CCOC(=O)[C@](O)(c2ccccc2)[C@@H]2CCC(F)(F)C2)C=CN1Cc1ccc(F)cc1. The molecule has 2 aromatic rings. The number of esters is 1. The molecule has 0 spiro atoms. The van der Waals surface area contributed by atoms with Crippen molar-refractivity contribution in [2.24, 2.45) is 11.8 Å². The highest BCUT2D eigenvalue weighted by Crippen LogP contribution is 2.47. The Balaban J connectivity index is 1.41. The van der Waals surface area contributed by atoms with Crippen LogP contribution in [0.15, 0.2) is 67.0 Å². The molecule has 1 fully saturated rings. The summed E-state index contributed by atoms with van der Waals surface area (Å²) in [6.45, 7) is 5.14. The number of ether oxygens (including phenoxy) is 1. The van der Waals surface area contributed by atoms with Gasteiger partial charge in [-0.25, -0.2) is 18.0 Å². The molecule has 3 atom stereocenters. The minimum absolute atomic E-state index is 0.00436. The van der Waals surface area contributed by atoms with Crippen molar-refractivity contribution in [3.63, 3.8) is 0 Å². The van der Waals surface area contributed by atoms with E-state index in [9.17, 15) is 23.1 Å². The average Bonchev–Trinajstić information content (AvgIpc) is 3.43. The number of aliphatic hydroxyl groups is 1. The molecule has 1 unspecified atom stereocenters. The molecule has 36 heavy (non-hydrogen) atoms. The number of carbonyl (C=O) groups is 1. The van der Waals surface area contributed by atoms with Crippen molar-refractivity contribution in [3.05, 3.63) is 83.9 Å². The Kier molecular flexibility index (Phi) is 7.64. The Morgan fingerprint density at radius 3 is 2.39 bits per heavy atom. The fourth-order valence-electron chi connectivity index (χ4n) is 5.33. The molecule has 5 nitrogen and oxygen atoms in total. The van der Waals surface area contributed by atoms with Crippen molar-refractivity contribution < 1.29 is 27.8 Å². The molecule has 1 saturated carbocycles. The van der Waals surface area contributed by atoms with Crippen LogP contribution in [0.5, 0.6) is 0 Å². The lowest BCUT2D eigenvalue weighted by Crippen LogP contribution is -2.46. The summed E-state index contributed by atoms with van der Waals surface area (Å²) in [6, 6.07) is 14.6. The Labute approximate surface area is 210 Å². The molecule has 194 valence electrons. The molecule has 0 aromatic heterocycles. The van der Waals surface area contributed by atoms with Gasteiger partial charge in [0, 0.05) is 37.7 Å². The highest BCUT2D eigenvalue weighted by Gasteiger charge is 2.54. The number of hydrogen-bond donors (Lipinski definition) is 1. The zero-order valence-electron chi connectivity index (χ0n) is 20.6. The summed E-state index contributed by atoms with van der Waals surface area (Å²) in [5, 5.41) is 11.5. The molecule has 0 saturated heterocycles. The van der Waals surface area contributed by atoms with E-state index in [1.807, 2.05) is 17.3 Å². The quantitative estimate of drug-likeness (QED) is 0.474. The van der Waals surface area contributed by atoms with E-state index in [0.717, 1.165) is 5.56 Å². The number of halogens is 3. The Morgan fingerprint density at radius 2 is 1.78 bits per heavy atom. The zero-order valence-corrected chi connectivity index (χ0v) is 20.6. The van der Waals surface area contributed by atoms with Crippen LogP contribution in [0.2, 0.25) is 0 Å². The molecule has 1 aliphatic heterocycles. The van der Waals surface area contributed by atoms with Crippen LogP contribution >= 0.6 is 0 Å². The van der Waals surface area contributed by atoms with Crippen molar-refractivity contribution in [1.29, 1.82) is 0 Å². The molecule has 1 N–H and O–H groups in total. The summed E-state index contributed by atoms with van der Waals surface area (Å²) >= 11 is 0. The van der Waals surface area contributed by atoms with Gasteiger partial charge in [0.25, 0.3) is 0 Å². The van der Waals surface area contributed by atoms with Crippen molar-refractivity contribution in [2.45, 2.75) is 57.3 Å². The second-order valence-corrected chi connectivity index (χ2v) is 10.1. The highest BCUT2D eigenvalue weighted by molar-refractivity contribution is 5.81. The number of alkyl halides is 2. The fourth-order valence-corrected chi connectivity index (χ4v) is 5.33. The molecule has 0 bridgehead atoms. The van der Waals surface area contributed by atoms with Gasteiger partial charge in [-0.05, 0) is 35.6 Å². The molecule has 8 heteroatoms. The van der Waals surface area contributed by atoms with Gasteiger partial charge in [-0.2, -0.15) is 0 Å². The number of hydrogen-bond acceptors (Lipinski definition) is 5. The van der Waals surface area contributed by atoms with Crippen molar-refractivity contribution >= 4 is 5.97 Å². The monoisotopic (exact) mass is 502 g/mol. The smallest absolute Gasteiger partial charge is 0.343 e. The molecule has 2 aromatic carbocycles. The average molecular weight is 503 g/mol. The molecule has 1 aliphatic carbocycles. The summed E-state index contributed by atoms with van der Waals surface area (Å²) < 4.78 is 46.8. The second-order valence-electron chi connectivity index (χ2n) is 10.1. The normalized spacial score (nSPS) is 22.8. The van der Waals surface area contributed by atoms with Gasteiger partial charge in [0.2, 0.25) is 5.92 Å². The van der Waals surface area contributed by atoms with E-state index in [1.54, 1.807) is 42.5 Å². The van der Waals surface area contributed by atoms with Crippen LogP contribution < -0.4 is 0 Å². The third-order valence-corrected chi connectivity index (χ3v) is 7.11. The van der Waals surface area contributed by atoms with Gasteiger partial charge < -0.3 is 19.6 Å². The molecule has 1 heterocycles. The van der Waals surface area contributed by atoms with E-state index >= 15 is 0 Å². The van der Waals surface area contributed by atoms with Gasteiger partial charge in [0.05, 0.1) is 6.54 Å². The van der Waals surface area contributed by atoms with E-state index in [2.05, 4.69) is 18.7 Å². The van der Waals surface area contributed by atoms with Crippen LogP contribution in [0.4, 0.5) is 13.2 Å². The maximum Gasteiger partial charge on any atom is 0.343 e. The van der Waals surface area contributed by atoms with Gasteiger partial charge in [-0.1, -0.05) is 56.3 Å². The third kappa shape index (κ3) is 5.53. The topological polar surface area (TPSA) is 53.0 Å². The van der Waals surface area contributed by atoms with Crippen LogP contribution in [0.3, 0.4) is 0 Å². The number of nitrogens with zero attached hydrogens (tertiary/aromatic N) is 2. The zero-order chi connectivity index (χ0) is 25.9. The Bertz CT molecular complexity index is 1060. The summed E-state index contributed by atoms with van der Waals surface area (Å²) in [5.41, 5.74) is -0.890. The lowest BCUT2D eigenvalue weighted by atomic mass is 9.80. The van der Waals surface area contributed by atoms with Gasteiger partial charge in [0.1, 0.15) is 18.6 Å². The summed E-state index contributed by atoms with van der Waals surface area (Å²) in [5.74, 6) is -4.78. The van der Waals surface area contributed by atoms with Crippen LogP contribution in [-0.2, 0) is 21.7 Å². The van der Waals surface area contributed by atoms with Gasteiger partial charge >= 0.3 is 5.97 Å². The first kappa shape index (κ1) is 26.1. The predicted octanol–water partition coefficient (Wildman–Crippen LogP) is 5.26. The minimum Gasteiger partial charge on any atom is -0.461 e. The first-order chi connectivity index (χ1) is 17.1. The van der Waals surface area contributed by atoms with Crippen LogP contribution in [0, 0.1) is 17.7 Å². The Morgan fingerprint density at radius 1 is 1.11 bits per heavy atom. The number of rotatable bonds is 9. The van der Waals surface area contributed by atoms with E-state index < -0.39 is 29.8 Å². The lowest BCUT2D eigenvalue weighted by Gasteiger charge is -2.36. The maximum atomic E-state index is 14.0. The fraction of sp³-hybridized carbons (Fsp3) is 0.464. The van der Waals surface area contributed by atoms with Gasteiger partial charge in [-0.15, -0.1) is 0 Å². The maximum absolute atomic E-state index is 14.0. The number of carbonyl (C=O) groups excluding carboxylic acids is 1. The van der Waals surface area contributed by atoms with Crippen LogP contribution in [0.1, 0.15) is 44.2 Å². The molecular weight excluding hydrogens is 469 g/mol. The third-order valence-electron chi connectivity index (χ3n) is 7.11. The highest BCUT2D eigenvalue weighted by atomic mass is 19.3. The molecular formula is C28H33F3N2O3. The molecule has 0 radical (unpaired) electrons. The van der Waals surface area contributed by atoms with Crippen LogP contribution in [0.25, 0.3) is 0 Å². The summed E-state index contributed by atoms with van der Waals surface area (Å²) in [6.07, 6.45) is 2.99. The minimum atomic E-state index is -2.91. The molecule has 2 aliphatic rings. The van der Waals surface area contributed by atoms with Crippen molar-refractivity contribution in [2.75, 3.05) is 13.2 Å². The first-order valence-electron chi connectivity index (χ1n) is 12.4. The van der Waals surface area contributed by atoms with E-state index in [4.69, 9.17) is 4.74 Å². The van der Waals surface area contributed by atoms with Crippen LogP contribution in [-0.4, -0.2) is 46.1 Å². The van der Waals surface area contributed by atoms with E-state index in [-0.39, 0.29) is 42.9 Å². The first-order valence-corrected chi connectivity index (χ1v) is 12.4. The van der Waals surface area contributed by atoms with Gasteiger partial charge in [0.15, 0.2) is 5.60 Å². The Hall–Kier alpha value is -3.00. The van der Waals surface area contributed by atoms with Gasteiger partial charge in [-0.3, -0.25) is 0 Å². The molecule has 0 amide bonds. The van der Waals surface area contributed by atoms with Crippen molar-refractivity contribution in [3.8, 4) is 0 Å². The molecule has 4 rings (SSSR count).